The van der Waals surface area contributed by atoms with Crippen molar-refractivity contribution in [2.24, 2.45) is 0 Å². The van der Waals surface area contributed by atoms with Crippen molar-refractivity contribution in [3.63, 3.8) is 0 Å². The number of benzene rings is 1. The predicted octanol–water partition coefficient (Wildman–Crippen LogP) is 2.09. The molecule has 0 fully saturated rings. The average Bonchev–Trinajstić information content (AvgIpc) is 2.86. The molecule has 102 valence electrons. The first-order chi connectivity index (χ1) is 9.16. The van der Waals surface area contributed by atoms with Gasteiger partial charge in [0.25, 0.3) is 0 Å². The lowest BCUT2D eigenvalue weighted by Crippen LogP contribution is -2.11. The standard InChI is InChI=1S/C13H18N4O2/c1-9(2)19-11-5-3-4-10(13(11)14)15-7-6-12-16-8-18-17-12/h3-5,8-9,15H,6-7,14H2,1-2H3. The van der Waals surface area contributed by atoms with E-state index in [9.17, 15) is 0 Å². The average molecular weight is 262 g/mol. The number of nitrogens with one attached hydrogen (secondary N) is 1. The van der Waals surface area contributed by atoms with Gasteiger partial charge in [-0.1, -0.05) is 11.2 Å². The van der Waals surface area contributed by atoms with Gasteiger partial charge in [0.15, 0.2) is 5.82 Å². The molecule has 1 heterocycles. The van der Waals surface area contributed by atoms with Gasteiger partial charge in [-0.15, -0.1) is 0 Å². The first-order valence-electron chi connectivity index (χ1n) is 6.21. The Kier molecular flexibility index (Phi) is 4.22. The van der Waals surface area contributed by atoms with Crippen molar-refractivity contribution in [1.82, 2.24) is 10.1 Å². The molecule has 1 aromatic carbocycles. The van der Waals surface area contributed by atoms with Crippen molar-refractivity contribution in [1.29, 1.82) is 0 Å². The number of ether oxygens (including phenoxy) is 1. The molecule has 6 nitrogen and oxygen atoms in total. The maximum absolute atomic E-state index is 6.05. The summed E-state index contributed by atoms with van der Waals surface area (Å²) in [5.41, 5.74) is 7.52. The second-order valence-electron chi connectivity index (χ2n) is 4.41. The summed E-state index contributed by atoms with van der Waals surface area (Å²) in [4.78, 5) is 3.95. The largest absolute Gasteiger partial charge is 0.489 e. The lowest BCUT2D eigenvalue weighted by atomic mass is 10.2. The van der Waals surface area contributed by atoms with Crippen molar-refractivity contribution in [3.05, 3.63) is 30.4 Å². The fourth-order valence-electron chi connectivity index (χ4n) is 1.67. The van der Waals surface area contributed by atoms with E-state index in [1.807, 2.05) is 32.0 Å². The smallest absolute Gasteiger partial charge is 0.213 e. The third-order valence-electron chi connectivity index (χ3n) is 2.50. The van der Waals surface area contributed by atoms with Gasteiger partial charge in [-0.2, -0.15) is 4.98 Å². The minimum atomic E-state index is 0.0943. The molecule has 0 aliphatic rings. The van der Waals surface area contributed by atoms with E-state index in [2.05, 4.69) is 20.0 Å². The van der Waals surface area contributed by atoms with Crippen LogP contribution in [0, 0.1) is 0 Å². The summed E-state index contributed by atoms with van der Waals surface area (Å²) in [6.45, 7) is 4.61. The van der Waals surface area contributed by atoms with Crippen molar-refractivity contribution in [2.75, 3.05) is 17.6 Å². The van der Waals surface area contributed by atoms with Gasteiger partial charge in [-0.05, 0) is 26.0 Å². The molecule has 2 aromatic rings. The quantitative estimate of drug-likeness (QED) is 0.775. The number of para-hydroxylation sites is 1. The molecule has 0 amide bonds. The van der Waals surface area contributed by atoms with Crippen LogP contribution >= 0.6 is 0 Å². The molecule has 19 heavy (non-hydrogen) atoms. The lowest BCUT2D eigenvalue weighted by Gasteiger charge is -2.15. The number of hydrogen-bond donors (Lipinski definition) is 2. The molecule has 0 saturated heterocycles. The highest BCUT2D eigenvalue weighted by atomic mass is 16.5. The van der Waals surface area contributed by atoms with E-state index in [-0.39, 0.29) is 6.10 Å². The number of rotatable bonds is 6. The van der Waals surface area contributed by atoms with Gasteiger partial charge in [-0.25, -0.2) is 0 Å². The summed E-state index contributed by atoms with van der Waals surface area (Å²) in [7, 11) is 0. The highest BCUT2D eigenvalue weighted by Gasteiger charge is 2.07. The number of nitrogen functional groups attached to an aromatic ring is 1. The fourth-order valence-corrected chi connectivity index (χ4v) is 1.67. The third kappa shape index (κ3) is 3.61. The zero-order chi connectivity index (χ0) is 13.7. The molecular formula is C13H18N4O2. The first-order valence-corrected chi connectivity index (χ1v) is 6.21. The Balaban J connectivity index is 1.96. The molecule has 0 spiro atoms. The van der Waals surface area contributed by atoms with E-state index in [4.69, 9.17) is 10.5 Å². The Hall–Kier alpha value is -2.24. The van der Waals surface area contributed by atoms with Crippen LogP contribution in [0.5, 0.6) is 5.75 Å². The second kappa shape index (κ2) is 6.08. The van der Waals surface area contributed by atoms with Crippen molar-refractivity contribution in [2.45, 2.75) is 26.4 Å². The summed E-state index contributed by atoms with van der Waals surface area (Å²) >= 11 is 0. The zero-order valence-electron chi connectivity index (χ0n) is 11.1. The van der Waals surface area contributed by atoms with Gasteiger partial charge in [0.2, 0.25) is 6.39 Å². The van der Waals surface area contributed by atoms with E-state index in [1.165, 1.54) is 6.39 Å². The maximum atomic E-state index is 6.05. The predicted molar refractivity (Wildman–Crippen MR) is 73.1 cm³/mol. The van der Waals surface area contributed by atoms with Crippen LogP contribution in [-0.4, -0.2) is 22.8 Å². The molecule has 1 aromatic heterocycles. The van der Waals surface area contributed by atoms with Crippen molar-refractivity contribution >= 4 is 11.4 Å². The minimum absolute atomic E-state index is 0.0943. The zero-order valence-corrected chi connectivity index (χ0v) is 11.1. The third-order valence-corrected chi connectivity index (χ3v) is 2.50. The topological polar surface area (TPSA) is 86.2 Å². The van der Waals surface area contributed by atoms with E-state index in [1.54, 1.807) is 0 Å². The molecule has 0 atom stereocenters. The van der Waals surface area contributed by atoms with Crippen molar-refractivity contribution < 1.29 is 9.26 Å². The number of anilines is 2. The van der Waals surface area contributed by atoms with Gasteiger partial charge < -0.3 is 20.3 Å². The molecule has 0 aliphatic heterocycles. The van der Waals surface area contributed by atoms with Crippen LogP contribution in [0.4, 0.5) is 11.4 Å². The van der Waals surface area contributed by atoms with Crippen LogP contribution < -0.4 is 15.8 Å². The molecular weight excluding hydrogens is 244 g/mol. The second-order valence-corrected chi connectivity index (χ2v) is 4.41. The van der Waals surface area contributed by atoms with Gasteiger partial charge in [0, 0.05) is 13.0 Å². The molecule has 0 radical (unpaired) electrons. The van der Waals surface area contributed by atoms with E-state index < -0.39 is 0 Å². The van der Waals surface area contributed by atoms with E-state index in [0.29, 0.717) is 30.2 Å². The van der Waals surface area contributed by atoms with Gasteiger partial charge in [0.05, 0.1) is 17.5 Å². The Bertz CT molecular complexity index is 511. The summed E-state index contributed by atoms with van der Waals surface area (Å²) < 4.78 is 10.3. The minimum Gasteiger partial charge on any atom is -0.489 e. The van der Waals surface area contributed by atoms with Crippen molar-refractivity contribution in [3.8, 4) is 5.75 Å². The molecule has 0 saturated carbocycles. The van der Waals surface area contributed by atoms with E-state index in [0.717, 1.165) is 5.69 Å². The van der Waals surface area contributed by atoms with Crippen LogP contribution in [0.15, 0.2) is 29.1 Å². The highest BCUT2D eigenvalue weighted by molar-refractivity contribution is 5.72. The Labute approximate surface area is 112 Å². The SMILES string of the molecule is CC(C)Oc1cccc(NCCc2ncon2)c1N. The highest BCUT2D eigenvalue weighted by Crippen LogP contribution is 2.29. The molecule has 2 rings (SSSR count). The van der Waals surface area contributed by atoms with Crippen LogP contribution in [0.3, 0.4) is 0 Å². The summed E-state index contributed by atoms with van der Waals surface area (Å²) in [6, 6.07) is 5.68. The lowest BCUT2D eigenvalue weighted by molar-refractivity contribution is 0.244. The normalized spacial score (nSPS) is 10.7. The van der Waals surface area contributed by atoms with Crippen LogP contribution in [0.1, 0.15) is 19.7 Å². The monoisotopic (exact) mass is 262 g/mol. The van der Waals surface area contributed by atoms with Crippen LogP contribution in [0.2, 0.25) is 0 Å². The summed E-state index contributed by atoms with van der Waals surface area (Å²) in [5.74, 6) is 1.36. The Morgan fingerprint density at radius 2 is 2.26 bits per heavy atom. The number of hydrogen-bond acceptors (Lipinski definition) is 6. The molecule has 6 heteroatoms. The number of aromatic nitrogens is 2. The van der Waals surface area contributed by atoms with Crippen LogP contribution in [-0.2, 0) is 6.42 Å². The Morgan fingerprint density at radius 1 is 1.42 bits per heavy atom. The number of nitrogens with zero attached hydrogens (tertiary/aromatic N) is 2. The number of nitrogens with two attached hydrogens (primary N) is 1. The fraction of sp³-hybridized carbons (Fsp3) is 0.385. The summed E-state index contributed by atoms with van der Waals surface area (Å²) in [5, 5.41) is 6.98. The molecule has 0 bridgehead atoms. The molecule has 0 unspecified atom stereocenters. The molecule has 3 N–H and O–H groups in total. The van der Waals surface area contributed by atoms with Gasteiger partial charge in [-0.3, -0.25) is 0 Å². The first kappa shape index (κ1) is 13.2. The Morgan fingerprint density at radius 3 is 2.95 bits per heavy atom. The van der Waals surface area contributed by atoms with E-state index >= 15 is 0 Å². The van der Waals surface area contributed by atoms with Crippen LogP contribution in [0.25, 0.3) is 0 Å². The summed E-state index contributed by atoms with van der Waals surface area (Å²) in [6.07, 6.45) is 2.09. The maximum Gasteiger partial charge on any atom is 0.213 e. The van der Waals surface area contributed by atoms with Gasteiger partial charge in [0.1, 0.15) is 5.75 Å². The molecule has 0 aliphatic carbocycles. The van der Waals surface area contributed by atoms with Gasteiger partial charge >= 0.3 is 0 Å².